The molecule has 0 amide bonds. The maximum Gasteiger partial charge on any atom is 0.342 e. The highest BCUT2D eigenvalue weighted by atomic mass is 31.2. The molecule has 0 aliphatic heterocycles. The van der Waals surface area contributed by atoms with E-state index in [1.807, 2.05) is 0 Å². The molecule has 0 radical (unpaired) electrons. The van der Waals surface area contributed by atoms with Crippen LogP contribution in [0.5, 0.6) is 0 Å². The zero-order valence-electron chi connectivity index (χ0n) is 15.3. The number of nitrogens with two attached hydrogens (primary N) is 1. The minimum absolute atomic E-state index is 0.0122. The van der Waals surface area contributed by atoms with E-state index in [0.717, 1.165) is 44.9 Å². The zero-order valence-corrected chi connectivity index (χ0v) is 17.0. The summed E-state index contributed by atoms with van der Waals surface area (Å²) in [6.07, 6.45) is 14.2. The van der Waals surface area contributed by atoms with Gasteiger partial charge in [0.05, 0.1) is 0 Å². The first-order valence-corrected chi connectivity index (χ1v) is 13.0. The summed E-state index contributed by atoms with van der Waals surface area (Å²) in [5.41, 5.74) is 5.42. The van der Waals surface area contributed by atoms with E-state index in [9.17, 15) is 9.13 Å². The second kappa shape index (κ2) is 14.3. The van der Waals surface area contributed by atoms with Gasteiger partial charge in [0.2, 0.25) is 0 Å². The molecule has 9 heteroatoms. The van der Waals surface area contributed by atoms with Crippen LogP contribution in [0.25, 0.3) is 0 Å². The van der Waals surface area contributed by atoms with Gasteiger partial charge >= 0.3 is 15.2 Å². The summed E-state index contributed by atoms with van der Waals surface area (Å²) in [6.45, 7) is 0. The molecule has 0 aliphatic rings. The molecule has 0 aliphatic carbocycles. The summed E-state index contributed by atoms with van der Waals surface area (Å²) in [5, 5.41) is 0. The summed E-state index contributed by atoms with van der Waals surface area (Å²) in [5.74, 6) is -1.01. The molecule has 152 valence electrons. The molecular weight excluding hydrogens is 364 g/mol. The van der Waals surface area contributed by atoms with Crippen LogP contribution >= 0.6 is 15.2 Å². The summed E-state index contributed by atoms with van der Waals surface area (Å²) >= 11 is 0. The Hall–Kier alpha value is 0.260. The van der Waals surface area contributed by atoms with Crippen molar-refractivity contribution < 1.29 is 28.7 Å². The van der Waals surface area contributed by atoms with Crippen molar-refractivity contribution in [2.45, 2.75) is 95.7 Å². The lowest BCUT2D eigenvalue weighted by atomic mass is 10.0. The monoisotopic (exact) mass is 401 g/mol. The maximum atomic E-state index is 10.9. The minimum Gasteiger partial charge on any atom is -0.324 e. The molecule has 1 atom stereocenters. The Morgan fingerprint density at radius 3 is 1.24 bits per heavy atom. The Kier molecular flexibility index (Phi) is 14.5. The van der Waals surface area contributed by atoms with Gasteiger partial charge in [0.15, 0.2) is 0 Å². The highest BCUT2D eigenvalue weighted by Gasteiger charge is 2.23. The van der Waals surface area contributed by atoms with Crippen molar-refractivity contribution in [2.24, 2.45) is 5.73 Å². The third-order valence-corrected chi connectivity index (χ3v) is 6.40. The van der Waals surface area contributed by atoms with Crippen LogP contribution in [-0.4, -0.2) is 31.5 Å². The van der Waals surface area contributed by atoms with E-state index >= 15 is 0 Å². The van der Waals surface area contributed by atoms with E-state index in [0.29, 0.717) is 12.8 Å². The van der Waals surface area contributed by atoms with Crippen LogP contribution in [0.4, 0.5) is 0 Å². The third kappa shape index (κ3) is 18.8. The number of rotatable bonds is 17. The van der Waals surface area contributed by atoms with Crippen LogP contribution in [0.15, 0.2) is 0 Å². The topological polar surface area (TPSA) is 141 Å². The summed E-state index contributed by atoms with van der Waals surface area (Å²) in [6, 6.07) is 0. The fourth-order valence-corrected chi connectivity index (χ4v) is 3.94. The highest BCUT2D eigenvalue weighted by Crippen LogP contribution is 2.40. The predicted octanol–water partition coefficient (Wildman–Crippen LogP) is 4.09. The quantitative estimate of drug-likeness (QED) is 0.183. The molecule has 6 N–H and O–H groups in total. The number of unbranched alkanes of at least 4 members (excludes halogenated alkanes) is 12. The Labute approximate surface area is 152 Å². The molecule has 0 fully saturated rings. The Morgan fingerprint density at radius 2 is 0.920 bits per heavy atom. The zero-order chi connectivity index (χ0) is 19.2. The maximum absolute atomic E-state index is 10.9. The van der Waals surface area contributed by atoms with Crippen LogP contribution < -0.4 is 5.73 Å². The van der Waals surface area contributed by atoms with E-state index in [-0.39, 0.29) is 6.16 Å². The number of hydrogen-bond acceptors (Lipinski definition) is 3. The Morgan fingerprint density at radius 1 is 0.600 bits per heavy atom. The molecule has 0 saturated carbocycles. The van der Waals surface area contributed by atoms with Crippen molar-refractivity contribution in [3.63, 3.8) is 0 Å². The predicted molar refractivity (Wildman–Crippen MR) is 102 cm³/mol. The largest absolute Gasteiger partial charge is 0.342 e. The highest BCUT2D eigenvalue weighted by molar-refractivity contribution is 7.52. The summed E-state index contributed by atoms with van der Waals surface area (Å²) < 4.78 is 21.6. The molecule has 7 nitrogen and oxygen atoms in total. The average Bonchev–Trinajstić information content (AvgIpc) is 2.48. The molecular formula is C16H37NO6P2. The molecule has 0 aromatic rings. The summed E-state index contributed by atoms with van der Waals surface area (Å²) in [7, 11) is -7.91. The molecule has 0 aromatic carbocycles. The third-order valence-electron chi connectivity index (χ3n) is 4.38. The standard InChI is InChI=1S/C16H37NO6P2/c17-16(25(21,22)23)14-12-10-8-6-4-2-1-3-5-7-9-11-13-15-24(18,19)20/h16H,1-15,17H2,(H2,18,19,20)(H2,21,22,23). The van der Waals surface area contributed by atoms with Crippen molar-refractivity contribution in [2.75, 3.05) is 6.16 Å². The van der Waals surface area contributed by atoms with Gasteiger partial charge in [-0.1, -0.05) is 77.0 Å². The van der Waals surface area contributed by atoms with Gasteiger partial charge in [-0.2, -0.15) is 0 Å². The van der Waals surface area contributed by atoms with Gasteiger partial charge in [-0.05, 0) is 12.8 Å². The van der Waals surface area contributed by atoms with Crippen LogP contribution in [0.2, 0.25) is 0 Å². The van der Waals surface area contributed by atoms with Crippen LogP contribution in [-0.2, 0) is 9.13 Å². The molecule has 1 unspecified atom stereocenters. The fraction of sp³-hybridized carbons (Fsp3) is 1.00. The second-order valence-electron chi connectivity index (χ2n) is 6.93. The van der Waals surface area contributed by atoms with Crippen molar-refractivity contribution in [3.8, 4) is 0 Å². The number of hydrogen-bond donors (Lipinski definition) is 5. The molecule has 0 saturated heterocycles. The van der Waals surface area contributed by atoms with Gasteiger partial charge in [-0.25, -0.2) is 0 Å². The first kappa shape index (κ1) is 25.3. The molecule has 0 spiro atoms. The van der Waals surface area contributed by atoms with Gasteiger partial charge < -0.3 is 25.3 Å². The Balaban J connectivity index is 3.19. The normalized spacial score (nSPS) is 14.0. The lowest BCUT2D eigenvalue weighted by Crippen LogP contribution is -2.19. The van der Waals surface area contributed by atoms with E-state index in [1.54, 1.807) is 0 Å². The molecule has 25 heavy (non-hydrogen) atoms. The first-order valence-electron chi connectivity index (χ1n) is 9.48. The van der Waals surface area contributed by atoms with Crippen molar-refractivity contribution in [1.29, 1.82) is 0 Å². The van der Waals surface area contributed by atoms with E-state index in [1.165, 1.54) is 32.1 Å². The molecule has 0 aromatic heterocycles. The SMILES string of the molecule is NC(CCCCCCCCCCCCCCCP(=O)(O)O)P(=O)(O)O. The molecule has 0 heterocycles. The van der Waals surface area contributed by atoms with Gasteiger partial charge in [-0.3, -0.25) is 9.13 Å². The van der Waals surface area contributed by atoms with Crippen molar-refractivity contribution >= 4 is 15.2 Å². The van der Waals surface area contributed by atoms with Gasteiger partial charge in [-0.15, -0.1) is 0 Å². The van der Waals surface area contributed by atoms with Crippen molar-refractivity contribution in [3.05, 3.63) is 0 Å². The van der Waals surface area contributed by atoms with Gasteiger partial charge in [0, 0.05) is 6.16 Å². The van der Waals surface area contributed by atoms with Crippen LogP contribution in [0.3, 0.4) is 0 Å². The molecule has 0 rings (SSSR count). The second-order valence-corrected chi connectivity index (χ2v) is 10.5. The van der Waals surface area contributed by atoms with Crippen molar-refractivity contribution in [1.82, 2.24) is 0 Å². The van der Waals surface area contributed by atoms with Crippen LogP contribution in [0, 0.1) is 0 Å². The van der Waals surface area contributed by atoms with Gasteiger partial charge in [0.1, 0.15) is 5.78 Å². The Bertz CT molecular complexity index is 409. The van der Waals surface area contributed by atoms with E-state index in [2.05, 4.69) is 0 Å². The smallest absolute Gasteiger partial charge is 0.324 e. The van der Waals surface area contributed by atoms with E-state index < -0.39 is 21.0 Å². The minimum atomic E-state index is -4.11. The lowest BCUT2D eigenvalue weighted by Gasteiger charge is -2.12. The van der Waals surface area contributed by atoms with Gasteiger partial charge in [0.25, 0.3) is 0 Å². The molecule has 0 bridgehead atoms. The first-order chi connectivity index (χ1) is 11.6. The summed E-state index contributed by atoms with van der Waals surface area (Å²) in [4.78, 5) is 35.2. The lowest BCUT2D eigenvalue weighted by molar-refractivity contribution is 0.353. The van der Waals surface area contributed by atoms with Crippen LogP contribution in [0.1, 0.15) is 89.9 Å². The average molecular weight is 401 g/mol. The van der Waals surface area contributed by atoms with E-state index in [4.69, 9.17) is 25.3 Å². The fourth-order valence-electron chi connectivity index (χ4n) is 2.78.